The van der Waals surface area contributed by atoms with Gasteiger partial charge in [-0.2, -0.15) is 0 Å². The molecule has 1 aromatic rings. The summed E-state index contributed by atoms with van der Waals surface area (Å²) in [5.74, 6) is 2.66. The van der Waals surface area contributed by atoms with Crippen LogP contribution in [0.1, 0.15) is 37.3 Å². The second kappa shape index (κ2) is 5.51. The molecule has 0 aromatic carbocycles. The van der Waals surface area contributed by atoms with Gasteiger partial charge in [-0.25, -0.2) is 0 Å². The molecule has 0 bridgehead atoms. The Labute approximate surface area is 97.2 Å². The van der Waals surface area contributed by atoms with E-state index in [1.807, 2.05) is 19.1 Å². The third-order valence-corrected chi connectivity index (χ3v) is 3.16. The predicted molar refractivity (Wildman–Crippen MR) is 63.4 cm³/mol. The first-order valence-corrected chi connectivity index (χ1v) is 6.13. The van der Waals surface area contributed by atoms with Gasteiger partial charge in [0.1, 0.15) is 11.5 Å². The van der Waals surface area contributed by atoms with E-state index in [-0.39, 0.29) is 6.04 Å². The summed E-state index contributed by atoms with van der Waals surface area (Å²) in [6.07, 6.45) is 2.47. The standard InChI is InChI=1S/C13H21NO2/c1-10-5-6-13(16-10)11(2)14-8-12-4-3-7-15-9-12/h5-6,11-12,14H,3-4,7-9H2,1-2H3. The summed E-state index contributed by atoms with van der Waals surface area (Å²) in [5, 5.41) is 3.51. The van der Waals surface area contributed by atoms with Crippen LogP contribution in [0.2, 0.25) is 0 Å². The molecule has 2 unspecified atom stereocenters. The number of hydrogen-bond acceptors (Lipinski definition) is 3. The van der Waals surface area contributed by atoms with Gasteiger partial charge in [0.05, 0.1) is 12.6 Å². The summed E-state index contributed by atoms with van der Waals surface area (Å²) in [6.45, 7) is 6.97. The Hall–Kier alpha value is -0.800. The van der Waals surface area contributed by atoms with E-state index in [1.165, 1.54) is 12.8 Å². The van der Waals surface area contributed by atoms with E-state index >= 15 is 0 Å². The van der Waals surface area contributed by atoms with Gasteiger partial charge in [-0.05, 0) is 44.7 Å². The van der Waals surface area contributed by atoms with Gasteiger partial charge < -0.3 is 14.5 Å². The Kier molecular flexibility index (Phi) is 4.02. The van der Waals surface area contributed by atoms with Crippen molar-refractivity contribution in [2.45, 2.75) is 32.7 Å². The summed E-state index contributed by atoms with van der Waals surface area (Å²) in [6, 6.07) is 4.34. The van der Waals surface area contributed by atoms with Crippen LogP contribution in [0, 0.1) is 12.8 Å². The molecule has 3 heteroatoms. The molecule has 1 aromatic heterocycles. The molecule has 0 radical (unpaired) electrons. The lowest BCUT2D eigenvalue weighted by atomic mass is 10.0. The molecule has 1 aliphatic rings. The van der Waals surface area contributed by atoms with Crippen LogP contribution in [0.3, 0.4) is 0 Å². The van der Waals surface area contributed by atoms with Crippen LogP contribution in [-0.4, -0.2) is 19.8 Å². The molecule has 16 heavy (non-hydrogen) atoms. The predicted octanol–water partition coefficient (Wildman–Crippen LogP) is 2.67. The van der Waals surface area contributed by atoms with Crippen molar-refractivity contribution in [3.63, 3.8) is 0 Å². The number of aryl methyl sites for hydroxylation is 1. The number of nitrogens with one attached hydrogen (secondary N) is 1. The van der Waals surface area contributed by atoms with E-state index in [4.69, 9.17) is 9.15 Å². The smallest absolute Gasteiger partial charge is 0.120 e. The lowest BCUT2D eigenvalue weighted by Gasteiger charge is -2.23. The number of ether oxygens (including phenoxy) is 1. The monoisotopic (exact) mass is 223 g/mol. The van der Waals surface area contributed by atoms with E-state index in [1.54, 1.807) is 0 Å². The van der Waals surface area contributed by atoms with Crippen molar-refractivity contribution in [1.29, 1.82) is 0 Å². The van der Waals surface area contributed by atoms with Gasteiger partial charge in [-0.3, -0.25) is 0 Å². The largest absolute Gasteiger partial charge is 0.465 e. The minimum Gasteiger partial charge on any atom is -0.465 e. The third kappa shape index (κ3) is 3.09. The first kappa shape index (κ1) is 11.7. The average Bonchev–Trinajstić information content (AvgIpc) is 2.74. The second-order valence-electron chi connectivity index (χ2n) is 4.66. The van der Waals surface area contributed by atoms with Gasteiger partial charge in [0.2, 0.25) is 0 Å². The third-order valence-electron chi connectivity index (χ3n) is 3.16. The summed E-state index contributed by atoms with van der Waals surface area (Å²) in [4.78, 5) is 0. The second-order valence-corrected chi connectivity index (χ2v) is 4.66. The van der Waals surface area contributed by atoms with Gasteiger partial charge in [0, 0.05) is 13.2 Å². The van der Waals surface area contributed by atoms with E-state index < -0.39 is 0 Å². The van der Waals surface area contributed by atoms with Gasteiger partial charge in [0.25, 0.3) is 0 Å². The van der Waals surface area contributed by atoms with Crippen LogP contribution in [-0.2, 0) is 4.74 Å². The van der Waals surface area contributed by atoms with Crippen molar-refractivity contribution in [2.75, 3.05) is 19.8 Å². The first-order chi connectivity index (χ1) is 7.75. The maximum absolute atomic E-state index is 5.59. The Morgan fingerprint density at radius 1 is 1.50 bits per heavy atom. The van der Waals surface area contributed by atoms with Gasteiger partial charge in [-0.1, -0.05) is 0 Å². The highest BCUT2D eigenvalue weighted by Crippen LogP contribution is 2.17. The van der Waals surface area contributed by atoms with Crippen molar-refractivity contribution in [3.8, 4) is 0 Å². The lowest BCUT2D eigenvalue weighted by molar-refractivity contribution is 0.0537. The maximum atomic E-state index is 5.59. The molecule has 2 rings (SSSR count). The Bertz CT molecular complexity index is 315. The summed E-state index contributed by atoms with van der Waals surface area (Å²) < 4.78 is 11.1. The molecule has 0 amide bonds. The molecule has 1 N–H and O–H groups in total. The van der Waals surface area contributed by atoms with Crippen molar-refractivity contribution >= 4 is 0 Å². The highest BCUT2D eigenvalue weighted by Gasteiger charge is 2.16. The fourth-order valence-electron chi connectivity index (χ4n) is 2.10. The molecule has 1 saturated heterocycles. The first-order valence-electron chi connectivity index (χ1n) is 6.13. The molecule has 3 nitrogen and oxygen atoms in total. The molecular weight excluding hydrogens is 202 g/mol. The van der Waals surface area contributed by atoms with E-state index in [2.05, 4.69) is 12.2 Å². The van der Waals surface area contributed by atoms with Crippen LogP contribution >= 0.6 is 0 Å². The molecule has 90 valence electrons. The Morgan fingerprint density at radius 2 is 2.38 bits per heavy atom. The zero-order valence-electron chi connectivity index (χ0n) is 10.2. The van der Waals surface area contributed by atoms with Crippen molar-refractivity contribution in [1.82, 2.24) is 5.32 Å². The molecule has 0 spiro atoms. The van der Waals surface area contributed by atoms with Crippen molar-refractivity contribution < 1.29 is 9.15 Å². The zero-order chi connectivity index (χ0) is 11.4. The molecule has 1 fully saturated rings. The quantitative estimate of drug-likeness (QED) is 0.852. The Balaban J connectivity index is 1.76. The van der Waals surface area contributed by atoms with Crippen LogP contribution < -0.4 is 5.32 Å². The number of furan rings is 1. The summed E-state index contributed by atoms with van der Waals surface area (Å²) in [7, 11) is 0. The molecule has 1 aliphatic heterocycles. The molecular formula is C13H21NO2. The van der Waals surface area contributed by atoms with Crippen LogP contribution in [0.5, 0.6) is 0 Å². The fraction of sp³-hybridized carbons (Fsp3) is 0.692. The van der Waals surface area contributed by atoms with Crippen LogP contribution in [0.25, 0.3) is 0 Å². The minimum atomic E-state index is 0.288. The van der Waals surface area contributed by atoms with Gasteiger partial charge >= 0.3 is 0 Å². The van der Waals surface area contributed by atoms with Crippen LogP contribution in [0.15, 0.2) is 16.5 Å². The SMILES string of the molecule is Cc1ccc(C(C)NCC2CCCOC2)o1. The maximum Gasteiger partial charge on any atom is 0.120 e. The van der Waals surface area contributed by atoms with Crippen molar-refractivity contribution in [2.24, 2.45) is 5.92 Å². The molecule has 0 saturated carbocycles. The highest BCUT2D eigenvalue weighted by molar-refractivity contribution is 5.08. The minimum absolute atomic E-state index is 0.288. The van der Waals surface area contributed by atoms with Crippen molar-refractivity contribution in [3.05, 3.63) is 23.7 Å². The lowest BCUT2D eigenvalue weighted by Crippen LogP contribution is -2.30. The average molecular weight is 223 g/mol. The van der Waals surface area contributed by atoms with Crippen LogP contribution in [0.4, 0.5) is 0 Å². The fourth-order valence-corrected chi connectivity index (χ4v) is 2.10. The highest BCUT2D eigenvalue weighted by atomic mass is 16.5. The molecule has 0 aliphatic carbocycles. The van der Waals surface area contributed by atoms with E-state index in [0.717, 1.165) is 31.3 Å². The van der Waals surface area contributed by atoms with Gasteiger partial charge in [0.15, 0.2) is 0 Å². The van der Waals surface area contributed by atoms with E-state index in [0.29, 0.717) is 5.92 Å². The number of hydrogen-bond donors (Lipinski definition) is 1. The normalized spacial score (nSPS) is 23.2. The Morgan fingerprint density at radius 3 is 3.00 bits per heavy atom. The number of rotatable bonds is 4. The molecule has 2 atom stereocenters. The topological polar surface area (TPSA) is 34.4 Å². The van der Waals surface area contributed by atoms with E-state index in [9.17, 15) is 0 Å². The van der Waals surface area contributed by atoms with Gasteiger partial charge in [-0.15, -0.1) is 0 Å². The summed E-state index contributed by atoms with van der Waals surface area (Å²) in [5.41, 5.74) is 0. The zero-order valence-corrected chi connectivity index (χ0v) is 10.2. The summed E-state index contributed by atoms with van der Waals surface area (Å²) >= 11 is 0. The molecule has 2 heterocycles.